The van der Waals surface area contributed by atoms with Gasteiger partial charge in [-0.3, -0.25) is 0 Å². The number of imidazole rings is 1. The van der Waals surface area contributed by atoms with Crippen molar-refractivity contribution in [1.82, 2.24) is 14.9 Å². The molecule has 1 heterocycles. The number of benzene rings is 2. The number of nitrogens with two attached hydrogens (primary N) is 1. The summed E-state index contributed by atoms with van der Waals surface area (Å²) in [4.78, 5) is 8.85. The minimum absolute atomic E-state index is 0.514. The number of hydrogen-bond donors (Lipinski definition) is 2. The van der Waals surface area contributed by atoms with Crippen LogP contribution in [0.15, 0.2) is 59.9 Å². The summed E-state index contributed by atoms with van der Waals surface area (Å²) in [5, 5.41) is 3.16. The average molecular weight is 349 g/mol. The number of guanidine groups is 1. The first kappa shape index (κ1) is 18.0. The van der Waals surface area contributed by atoms with Gasteiger partial charge in [0.15, 0.2) is 5.96 Å². The van der Waals surface area contributed by atoms with Crippen LogP contribution in [0.25, 0.3) is 11.0 Å². The Labute approximate surface area is 155 Å². The van der Waals surface area contributed by atoms with Crippen molar-refractivity contribution in [2.45, 2.75) is 33.4 Å². The normalized spacial score (nSPS) is 12.0. The highest BCUT2D eigenvalue weighted by Crippen LogP contribution is 2.14. The van der Waals surface area contributed by atoms with Crippen LogP contribution >= 0.6 is 0 Å². The third-order valence-corrected chi connectivity index (χ3v) is 4.36. The molecule has 136 valence electrons. The summed E-state index contributed by atoms with van der Waals surface area (Å²) in [7, 11) is 0. The Bertz CT molecular complexity index is 861. The Kier molecular flexibility index (Phi) is 5.89. The number of aliphatic imine (C=N–C) groups is 1. The van der Waals surface area contributed by atoms with E-state index in [9.17, 15) is 0 Å². The fraction of sp³-hybridized carbons (Fsp3) is 0.333. The van der Waals surface area contributed by atoms with Crippen LogP contribution in [0.5, 0.6) is 0 Å². The van der Waals surface area contributed by atoms with Gasteiger partial charge < -0.3 is 15.6 Å². The minimum Gasteiger partial charge on any atom is -0.370 e. The summed E-state index contributed by atoms with van der Waals surface area (Å²) in [5.41, 5.74) is 10.5. The van der Waals surface area contributed by atoms with Crippen molar-refractivity contribution >= 4 is 17.0 Å². The van der Waals surface area contributed by atoms with Crippen molar-refractivity contribution in [3.05, 3.63) is 66.0 Å². The molecule has 0 saturated heterocycles. The number of para-hydroxylation sites is 2. The first-order valence-electron chi connectivity index (χ1n) is 9.13. The fourth-order valence-corrected chi connectivity index (χ4v) is 2.80. The van der Waals surface area contributed by atoms with Crippen molar-refractivity contribution in [3.63, 3.8) is 0 Å². The van der Waals surface area contributed by atoms with Gasteiger partial charge in [-0.05, 0) is 35.6 Å². The van der Waals surface area contributed by atoms with Crippen LogP contribution in [0.3, 0.4) is 0 Å². The quantitative estimate of drug-likeness (QED) is 0.506. The van der Waals surface area contributed by atoms with Gasteiger partial charge in [0.1, 0.15) is 0 Å². The molecule has 5 heteroatoms. The van der Waals surface area contributed by atoms with Gasteiger partial charge >= 0.3 is 0 Å². The van der Waals surface area contributed by atoms with E-state index < -0.39 is 0 Å². The molecule has 0 fully saturated rings. The second-order valence-corrected chi connectivity index (χ2v) is 6.99. The lowest BCUT2D eigenvalue weighted by atomic mass is 10.1. The standard InChI is InChI=1S/C21H27N5/c1-16(2)11-12-23-21(22)24-13-17-7-9-18(10-8-17)14-26-15-25-19-5-3-4-6-20(19)26/h3-10,15-16H,11-14H2,1-2H3,(H3,22,23,24). The maximum Gasteiger partial charge on any atom is 0.188 e. The summed E-state index contributed by atoms with van der Waals surface area (Å²) < 4.78 is 2.17. The van der Waals surface area contributed by atoms with E-state index in [1.54, 1.807) is 0 Å². The maximum absolute atomic E-state index is 5.91. The number of rotatable bonds is 7. The summed E-state index contributed by atoms with van der Waals surface area (Å²) >= 11 is 0. The van der Waals surface area contributed by atoms with E-state index in [0.717, 1.165) is 36.1 Å². The predicted molar refractivity (Wildman–Crippen MR) is 108 cm³/mol. The van der Waals surface area contributed by atoms with E-state index >= 15 is 0 Å². The van der Waals surface area contributed by atoms with E-state index in [2.05, 4.69) is 64.0 Å². The molecule has 1 aromatic heterocycles. The second kappa shape index (κ2) is 8.52. The molecular formula is C21H27N5. The number of nitrogens with zero attached hydrogens (tertiary/aromatic N) is 3. The Hall–Kier alpha value is -2.82. The van der Waals surface area contributed by atoms with Crippen LogP contribution in [-0.4, -0.2) is 22.1 Å². The molecule has 3 N–H and O–H groups in total. The molecule has 0 spiro atoms. The number of nitrogens with one attached hydrogen (secondary N) is 1. The average Bonchev–Trinajstić information content (AvgIpc) is 3.04. The van der Waals surface area contributed by atoms with E-state index in [0.29, 0.717) is 18.4 Å². The van der Waals surface area contributed by atoms with Crippen LogP contribution in [0, 0.1) is 5.92 Å². The van der Waals surface area contributed by atoms with E-state index in [-0.39, 0.29) is 0 Å². The first-order valence-corrected chi connectivity index (χ1v) is 9.13. The summed E-state index contributed by atoms with van der Waals surface area (Å²) in [6, 6.07) is 16.7. The first-order chi connectivity index (χ1) is 12.6. The molecular weight excluding hydrogens is 322 g/mol. The van der Waals surface area contributed by atoms with Crippen LogP contribution < -0.4 is 11.1 Å². The molecule has 0 amide bonds. The van der Waals surface area contributed by atoms with Gasteiger partial charge in [0.25, 0.3) is 0 Å². The highest BCUT2D eigenvalue weighted by atomic mass is 15.1. The van der Waals surface area contributed by atoms with Gasteiger partial charge in [0.05, 0.1) is 23.9 Å². The van der Waals surface area contributed by atoms with Gasteiger partial charge in [0, 0.05) is 13.1 Å². The number of fused-ring (bicyclic) bond motifs is 1. The number of hydrogen-bond acceptors (Lipinski definition) is 2. The van der Waals surface area contributed by atoms with Crippen molar-refractivity contribution in [3.8, 4) is 0 Å². The third kappa shape index (κ3) is 4.85. The van der Waals surface area contributed by atoms with Gasteiger partial charge in [-0.1, -0.05) is 50.2 Å². The lowest BCUT2D eigenvalue weighted by molar-refractivity contribution is 0.576. The third-order valence-electron chi connectivity index (χ3n) is 4.36. The molecule has 3 aromatic rings. The Morgan fingerprint density at radius 2 is 1.85 bits per heavy atom. The van der Waals surface area contributed by atoms with E-state index in [4.69, 9.17) is 5.73 Å². The van der Waals surface area contributed by atoms with Crippen molar-refractivity contribution < 1.29 is 0 Å². The zero-order valence-corrected chi connectivity index (χ0v) is 15.5. The fourth-order valence-electron chi connectivity index (χ4n) is 2.80. The molecule has 0 atom stereocenters. The molecule has 0 bridgehead atoms. The largest absolute Gasteiger partial charge is 0.370 e. The maximum atomic E-state index is 5.91. The molecule has 5 nitrogen and oxygen atoms in total. The van der Waals surface area contributed by atoms with Gasteiger partial charge in [-0.15, -0.1) is 0 Å². The molecule has 0 aliphatic heterocycles. The Morgan fingerprint density at radius 3 is 2.62 bits per heavy atom. The van der Waals surface area contributed by atoms with E-state index in [1.807, 2.05) is 24.5 Å². The predicted octanol–water partition coefficient (Wildman–Crippen LogP) is 3.54. The van der Waals surface area contributed by atoms with Crippen LogP contribution in [0.4, 0.5) is 0 Å². The lowest BCUT2D eigenvalue weighted by Crippen LogP contribution is -2.32. The zero-order valence-electron chi connectivity index (χ0n) is 15.5. The Morgan fingerprint density at radius 1 is 1.12 bits per heavy atom. The van der Waals surface area contributed by atoms with Crippen LogP contribution in [0.2, 0.25) is 0 Å². The van der Waals surface area contributed by atoms with Crippen molar-refractivity contribution in [1.29, 1.82) is 0 Å². The summed E-state index contributed by atoms with van der Waals surface area (Å²) in [5.74, 6) is 1.18. The van der Waals surface area contributed by atoms with Crippen LogP contribution in [0.1, 0.15) is 31.4 Å². The SMILES string of the molecule is CC(C)CCNC(N)=NCc1ccc(Cn2cnc3ccccc32)cc1. The van der Waals surface area contributed by atoms with E-state index in [1.165, 1.54) is 5.56 Å². The second-order valence-electron chi connectivity index (χ2n) is 6.99. The smallest absolute Gasteiger partial charge is 0.188 e. The molecule has 2 aromatic carbocycles. The molecule has 0 saturated carbocycles. The highest BCUT2D eigenvalue weighted by Gasteiger charge is 2.02. The zero-order chi connectivity index (χ0) is 18.4. The summed E-state index contributed by atoms with van der Waals surface area (Å²) in [6.45, 7) is 6.66. The molecule has 0 unspecified atom stereocenters. The molecule has 3 rings (SSSR count). The Balaban J connectivity index is 1.56. The molecule has 0 aliphatic carbocycles. The van der Waals surface area contributed by atoms with Crippen molar-refractivity contribution in [2.24, 2.45) is 16.6 Å². The monoisotopic (exact) mass is 349 g/mol. The molecule has 0 aliphatic rings. The van der Waals surface area contributed by atoms with Crippen LogP contribution in [-0.2, 0) is 13.1 Å². The van der Waals surface area contributed by atoms with Gasteiger partial charge in [-0.2, -0.15) is 0 Å². The highest BCUT2D eigenvalue weighted by molar-refractivity contribution is 5.77. The van der Waals surface area contributed by atoms with Crippen molar-refractivity contribution in [2.75, 3.05) is 6.54 Å². The number of aromatic nitrogens is 2. The minimum atomic E-state index is 0.514. The van der Waals surface area contributed by atoms with Gasteiger partial charge in [-0.25, -0.2) is 9.98 Å². The van der Waals surface area contributed by atoms with Gasteiger partial charge in [0.2, 0.25) is 0 Å². The topological polar surface area (TPSA) is 68.2 Å². The molecule has 0 radical (unpaired) electrons. The lowest BCUT2D eigenvalue weighted by Gasteiger charge is -2.08. The summed E-state index contributed by atoms with van der Waals surface area (Å²) in [6.07, 6.45) is 2.99. The molecule has 26 heavy (non-hydrogen) atoms.